The second kappa shape index (κ2) is 5.44. The molecule has 1 unspecified atom stereocenters. The highest BCUT2D eigenvalue weighted by Gasteiger charge is 2.56. The Labute approximate surface area is 135 Å². The van der Waals surface area contributed by atoms with Gasteiger partial charge in [0.15, 0.2) is 0 Å². The molecule has 2 nitrogen and oxygen atoms in total. The molecule has 1 N–H and O–H groups in total. The largest absolute Gasteiger partial charge is 0.383 e. The molecule has 20 heavy (non-hydrogen) atoms. The molecule has 1 heterocycles. The maximum atomic E-state index is 11.3. The number of benzene rings is 1. The fraction of sp³-hybridized carbons (Fsp3) is 0.400. The van der Waals surface area contributed by atoms with Gasteiger partial charge in [-0.15, -0.1) is 23.1 Å². The molecule has 0 radical (unpaired) electrons. The SMILES string of the molecule is CC1(C(O)(CSc2ccccc2Br)c2cncs2)CC1. The maximum Gasteiger partial charge on any atom is 0.115 e. The lowest BCUT2D eigenvalue weighted by atomic mass is 9.86. The average Bonchev–Trinajstić information content (AvgIpc) is 2.99. The molecule has 1 saturated carbocycles. The molecule has 106 valence electrons. The van der Waals surface area contributed by atoms with Gasteiger partial charge in [-0.25, -0.2) is 0 Å². The van der Waals surface area contributed by atoms with Crippen molar-refractivity contribution in [2.75, 3.05) is 5.75 Å². The molecule has 3 rings (SSSR count). The molecule has 0 bridgehead atoms. The molecular formula is C15H16BrNOS2. The van der Waals surface area contributed by atoms with E-state index in [1.165, 1.54) is 4.90 Å². The summed E-state index contributed by atoms with van der Waals surface area (Å²) < 4.78 is 1.08. The van der Waals surface area contributed by atoms with Crippen molar-refractivity contribution in [2.24, 2.45) is 5.41 Å². The first kappa shape index (κ1) is 14.6. The smallest absolute Gasteiger partial charge is 0.115 e. The lowest BCUT2D eigenvalue weighted by Gasteiger charge is -2.33. The van der Waals surface area contributed by atoms with Crippen LogP contribution in [0.1, 0.15) is 24.6 Å². The lowest BCUT2D eigenvalue weighted by molar-refractivity contribution is -0.00430. The first-order valence-corrected chi connectivity index (χ1v) is 9.20. The van der Waals surface area contributed by atoms with Gasteiger partial charge in [0.05, 0.1) is 10.4 Å². The van der Waals surface area contributed by atoms with Crippen molar-refractivity contribution in [3.8, 4) is 0 Å². The molecule has 0 aliphatic heterocycles. The quantitative estimate of drug-likeness (QED) is 0.776. The van der Waals surface area contributed by atoms with Gasteiger partial charge in [0.25, 0.3) is 0 Å². The van der Waals surface area contributed by atoms with Gasteiger partial charge in [-0.2, -0.15) is 0 Å². The van der Waals surface area contributed by atoms with Gasteiger partial charge < -0.3 is 5.11 Å². The standard InChI is InChI=1S/C15H16BrNOS2/c1-14(6-7-14)15(18,13-8-17-10-20-13)9-19-12-5-3-2-4-11(12)16/h2-5,8,10,18H,6-7,9H2,1H3. The summed E-state index contributed by atoms with van der Waals surface area (Å²) in [5.74, 6) is 0.661. The molecule has 1 atom stereocenters. The zero-order valence-electron chi connectivity index (χ0n) is 11.2. The summed E-state index contributed by atoms with van der Waals surface area (Å²) in [4.78, 5) is 6.29. The van der Waals surface area contributed by atoms with E-state index in [2.05, 4.69) is 33.9 Å². The molecule has 5 heteroatoms. The molecule has 0 spiro atoms. The molecule has 1 aromatic carbocycles. The Balaban J connectivity index is 1.84. The Bertz CT molecular complexity index is 598. The molecular weight excluding hydrogens is 354 g/mol. The molecule has 1 aliphatic carbocycles. The summed E-state index contributed by atoms with van der Waals surface area (Å²) in [7, 11) is 0. The van der Waals surface area contributed by atoms with Crippen LogP contribution in [-0.4, -0.2) is 15.8 Å². The van der Waals surface area contributed by atoms with Gasteiger partial charge in [-0.3, -0.25) is 4.98 Å². The third kappa shape index (κ3) is 2.56. The Morgan fingerprint density at radius 3 is 2.80 bits per heavy atom. The van der Waals surface area contributed by atoms with Crippen LogP contribution in [0.2, 0.25) is 0 Å². The van der Waals surface area contributed by atoms with Crippen molar-refractivity contribution < 1.29 is 5.11 Å². The summed E-state index contributed by atoms with van der Waals surface area (Å²) in [6.45, 7) is 2.17. The second-order valence-electron chi connectivity index (χ2n) is 5.51. The van der Waals surface area contributed by atoms with Crippen LogP contribution < -0.4 is 0 Å². The summed E-state index contributed by atoms with van der Waals surface area (Å²) in [5, 5.41) is 11.3. The number of nitrogens with zero attached hydrogens (tertiary/aromatic N) is 1. The Morgan fingerprint density at radius 2 is 2.20 bits per heavy atom. The number of aromatic nitrogens is 1. The number of hydrogen-bond donors (Lipinski definition) is 1. The maximum absolute atomic E-state index is 11.3. The predicted molar refractivity (Wildman–Crippen MR) is 88.2 cm³/mol. The summed E-state index contributed by atoms with van der Waals surface area (Å²) in [5.41, 5.74) is 1.01. The molecule has 2 aromatic rings. The van der Waals surface area contributed by atoms with Gasteiger partial charge in [0.1, 0.15) is 5.60 Å². The molecule has 1 aromatic heterocycles. The van der Waals surface area contributed by atoms with Gasteiger partial charge in [-0.05, 0) is 40.9 Å². The minimum absolute atomic E-state index is 0.00616. The van der Waals surface area contributed by atoms with Gasteiger partial charge in [0, 0.05) is 26.7 Å². The monoisotopic (exact) mass is 369 g/mol. The molecule has 0 saturated heterocycles. The van der Waals surface area contributed by atoms with Crippen LogP contribution in [0.3, 0.4) is 0 Å². The first-order valence-electron chi connectivity index (χ1n) is 6.54. The number of thiazole rings is 1. The minimum Gasteiger partial charge on any atom is -0.383 e. The van der Waals surface area contributed by atoms with E-state index in [0.717, 1.165) is 22.2 Å². The van der Waals surface area contributed by atoms with Crippen LogP contribution in [0.4, 0.5) is 0 Å². The normalized spacial score (nSPS) is 19.6. The van der Waals surface area contributed by atoms with Gasteiger partial charge in [-0.1, -0.05) is 19.1 Å². The van der Waals surface area contributed by atoms with Crippen molar-refractivity contribution >= 4 is 39.0 Å². The summed E-state index contributed by atoms with van der Waals surface area (Å²) in [6, 6.07) is 8.15. The van der Waals surface area contributed by atoms with Crippen molar-refractivity contribution in [2.45, 2.75) is 30.3 Å². The van der Waals surface area contributed by atoms with Crippen LogP contribution in [0.5, 0.6) is 0 Å². The van der Waals surface area contributed by atoms with Crippen LogP contribution in [-0.2, 0) is 5.60 Å². The van der Waals surface area contributed by atoms with E-state index in [9.17, 15) is 5.11 Å². The fourth-order valence-electron chi connectivity index (χ4n) is 2.31. The number of hydrogen-bond acceptors (Lipinski definition) is 4. The van der Waals surface area contributed by atoms with Crippen molar-refractivity contribution in [1.82, 2.24) is 4.98 Å². The lowest BCUT2D eigenvalue weighted by Crippen LogP contribution is -2.37. The van der Waals surface area contributed by atoms with Gasteiger partial charge in [0.2, 0.25) is 0 Å². The molecule has 1 fully saturated rings. The average molecular weight is 370 g/mol. The van der Waals surface area contributed by atoms with E-state index in [4.69, 9.17) is 0 Å². The Kier molecular flexibility index (Phi) is 3.97. The number of rotatable bonds is 5. The van der Waals surface area contributed by atoms with E-state index < -0.39 is 5.60 Å². The number of aliphatic hydroxyl groups is 1. The summed E-state index contributed by atoms with van der Waals surface area (Å²) in [6.07, 6.45) is 3.98. The van der Waals surface area contributed by atoms with E-state index in [0.29, 0.717) is 5.75 Å². The number of thioether (sulfide) groups is 1. The van der Waals surface area contributed by atoms with Crippen LogP contribution in [0, 0.1) is 5.41 Å². The highest BCUT2D eigenvalue weighted by atomic mass is 79.9. The van der Waals surface area contributed by atoms with Crippen LogP contribution in [0.25, 0.3) is 0 Å². The fourth-order valence-corrected chi connectivity index (χ4v) is 5.15. The Hall–Kier alpha value is -0.360. The molecule has 1 aliphatic rings. The zero-order valence-corrected chi connectivity index (χ0v) is 14.4. The molecule has 0 amide bonds. The number of halogens is 1. The van der Waals surface area contributed by atoms with Crippen molar-refractivity contribution in [3.05, 3.63) is 45.3 Å². The third-order valence-electron chi connectivity index (χ3n) is 4.11. The highest BCUT2D eigenvalue weighted by molar-refractivity contribution is 9.10. The second-order valence-corrected chi connectivity index (χ2v) is 8.26. The summed E-state index contributed by atoms with van der Waals surface area (Å²) >= 11 is 6.82. The van der Waals surface area contributed by atoms with Crippen LogP contribution >= 0.6 is 39.0 Å². The topological polar surface area (TPSA) is 33.1 Å². The first-order chi connectivity index (χ1) is 9.55. The van der Waals surface area contributed by atoms with E-state index in [1.54, 1.807) is 28.6 Å². The van der Waals surface area contributed by atoms with Crippen molar-refractivity contribution in [1.29, 1.82) is 0 Å². The zero-order chi connectivity index (χ0) is 14.2. The van der Waals surface area contributed by atoms with E-state index >= 15 is 0 Å². The van der Waals surface area contributed by atoms with Crippen molar-refractivity contribution in [3.63, 3.8) is 0 Å². The highest BCUT2D eigenvalue weighted by Crippen LogP contribution is 2.60. The predicted octanol–water partition coefficient (Wildman–Crippen LogP) is 4.69. The van der Waals surface area contributed by atoms with Crippen LogP contribution in [0.15, 0.2) is 45.3 Å². The third-order valence-corrected chi connectivity index (χ3v) is 7.22. The van der Waals surface area contributed by atoms with Gasteiger partial charge >= 0.3 is 0 Å². The minimum atomic E-state index is -0.784. The van der Waals surface area contributed by atoms with E-state index in [-0.39, 0.29) is 5.41 Å². The Morgan fingerprint density at radius 1 is 1.45 bits per heavy atom. The van der Waals surface area contributed by atoms with E-state index in [1.807, 2.05) is 24.4 Å².